The van der Waals surface area contributed by atoms with Gasteiger partial charge in [0.2, 0.25) is 0 Å². The molecule has 0 atom stereocenters. The van der Waals surface area contributed by atoms with Gasteiger partial charge >= 0.3 is 5.97 Å². The lowest BCUT2D eigenvalue weighted by molar-refractivity contribution is -0.145. The monoisotopic (exact) mass is 278 g/mol. The Morgan fingerprint density at radius 1 is 0.950 bits per heavy atom. The smallest absolute Gasteiger partial charge is 0.313 e. The molecule has 0 bridgehead atoms. The maximum Gasteiger partial charge on any atom is 0.313 e. The van der Waals surface area contributed by atoms with Crippen molar-refractivity contribution < 1.29 is 19.1 Å². The molecule has 0 aliphatic heterocycles. The molecular weight excluding hydrogens is 256 g/mol. The van der Waals surface area contributed by atoms with Crippen LogP contribution in [0.5, 0.6) is 5.75 Å². The minimum Gasteiger partial charge on any atom is -0.494 e. The number of carbonyl (C=O) groups is 2. The zero-order valence-corrected chi connectivity index (χ0v) is 12.0. The van der Waals surface area contributed by atoms with Gasteiger partial charge in [0.15, 0.2) is 0 Å². The van der Waals surface area contributed by atoms with E-state index >= 15 is 0 Å². The summed E-state index contributed by atoms with van der Waals surface area (Å²) in [6, 6.07) is 9.73. The van der Waals surface area contributed by atoms with Crippen molar-refractivity contribution in [3.05, 3.63) is 30.3 Å². The lowest BCUT2D eigenvalue weighted by Gasteiger charge is -2.06. The third-order valence-electron chi connectivity index (χ3n) is 2.71. The quantitative estimate of drug-likeness (QED) is 0.375. The molecule has 0 unspecified atom stereocenters. The van der Waals surface area contributed by atoms with Crippen molar-refractivity contribution in [1.82, 2.24) is 0 Å². The molecule has 0 spiro atoms. The number of unbranched alkanes of at least 4 members (excludes halogenated alkanes) is 3. The van der Waals surface area contributed by atoms with Gasteiger partial charge in [-0.1, -0.05) is 18.2 Å². The fourth-order valence-corrected chi connectivity index (χ4v) is 1.70. The van der Waals surface area contributed by atoms with Crippen LogP contribution in [0.15, 0.2) is 30.3 Å². The summed E-state index contributed by atoms with van der Waals surface area (Å²) in [5, 5.41) is 0. The number of hydrogen-bond donors (Lipinski definition) is 0. The first-order chi connectivity index (χ1) is 9.68. The molecule has 0 fully saturated rings. The molecule has 110 valence electrons. The number of ether oxygens (including phenoxy) is 2. The zero-order chi connectivity index (χ0) is 14.6. The first-order valence-corrected chi connectivity index (χ1v) is 7.01. The molecule has 20 heavy (non-hydrogen) atoms. The maximum absolute atomic E-state index is 11.1. The predicted octanol–water partition coefficient (Wildman–Crippen LogP) is 3.15. The van der Waals surface area contributed by atoms with Crippen molar-refractivity contribution in [2.45, 2.75) is 39.0 Å². The second-order valence-corrected chi connectivity index (χ2v) is 4.67. The van der Waals surface area contributed by atoms with Gasteiger partial charge < -0.3 is 9.47 Å². The Morgan fingerprint density at radius 2 is 1.60 bits per heavy atom. The lowest BCUT2D eigenvalue weighted by Crippen LogP contribution is -2.09. The summed E-state index contributed by atoms with van der Waals surface area (Å²) in [4.78, 5) is 21.7. The van der Waals surface area contributed by atoms with Crippen molar-refractivity contribution in [2.75, 3.05) is 13.2 Å². The predicted molar refractivity (Wildman–Crippen MR) is 76.7 cm³/mol. The third-order valence-corrected chi connectivity index (χ3v) is 2.71. The van der Waals surface area contributed by atoms with E-state index in [4.69, 9.17) is 9.47 Å². The highest BCUT2D eigenvalue weighted by Gasteiger charge is 2.05. The van der Waals surface area contributed by atoms with E-state index in [1.807, 2.05) is 30.3 Å². The van der Waals surface area contributed by atoms with Crippen LogP contribution in [0.3, 0.4) is 0 Å². The van der Waals surface area contributed by atoms with Crippen LogP contribution in [0.2, 0.25) is 0 Å². The summed E-state index contributed by atoms with van der Waals surface area (Å²) in [7, 11) is 0. The van der Waals surface area contributed by atoms with Gasteiger partial charge in [0, 0.05) is 0 Å². The van der Waals surface area contributed by atoms with Gasteiger partial charge in [-0.3, -0.25) is 9.59 Å². The Balaban J connectivity index is 1.90. The van der Waals surface area contributed by atoms with Gasteiger partial charge in [-0.2, -0.15) is 0 Å². The second-order valence-electron chi connectivity index (χ2n) is 4.67. The number of rotatable bonds is 10. The summed E-state index contributed by atoms with van der Waals surface area (Å²) >= 11 is 0. The standard InChI is InChI=1S/C16H22O4/c1-14(17)13-16(18)20-12-8-3-2-7-11-19-15-9-5-4-6-10-15/h4-6,9-10H,2-3,7-8,11-13H2,1H3. The van der Waals surface area contributed by atoms with E-state index in [1.165, 1.54) is 6.92 Å². The summed E-state index contributed by atoms with van der Waals surface area (Å²) in [6.07, 6.45) is 3.72. The number of benzene rings is 1. The van der Waals surface area contributed by atoms with Crippen molar-refractivity contribution in [3.8, 4) is 5.75 Å². The Morgan fingerprint density at radius 3 is 2.25 bits per heavy atom. The van der Waals surface area contributed by atoms with E-state index in [9.17, 15) is 9.59 Å². The molecule has 1 aromatic carbocycles. The molecule has 0 radical (unpaired) electrons. The highest BCUT2D eigenvalue weighted by Crippen LogP contribution is 2.09. The van der Waals surface area contributed by atoms with Crippen LogP contribution in [-0.4, -0.2) is 25.0 Å². The number of para-hydroxylation sites is 1. The molecule has 0 saturated heterocycles. The minimum absolute atomic E-state index is 0.120. The molecule has 0 amide bonds. The van der Waals surface area contributed by atoms with Crippen molar-refractivity contribution >= 4 is 11.8 Å². The van der Waals surface area contributed by atoms with Crippen molar-refractivity contribution in [3.63, 3.8) is 0 Å². The van der Waals surface area contributed by atoms with E-state index in [-0.39, 0.29) is 12.2 Å². The molecule has 0 saturated carbocycles. The molecule has 0 aromatic heterocycles. The molecular formula is C16H22O4. The second kappa shape index (κ2) is 10.0. The average Bonchev–Trinajstić information content (AvgIpc) is 2.42. The van der Waals surface area contributed by atoms with Crippen LogP contribution < -0.4 is 4.74 Å². The lowest BCUT2D eigenvalue weighted by atomic mass is 10.2. The van der Waals surface area contributed by atoms with Crippen LogP contribution in [0.25, 0.3) is 0 Å². The fourth-order valence-electron chi connectivity index (χ4n) is 1.70. The summed E-state index contributed by atoms with van der Waals surface area (Å²) in [6.45, 7) is 2.48. The Hall–Kier alpha value is -1.84. The van der Waals surface area contributed by atoms with E-state index in [0.29, 0.717) is 13.2 Å². The third kappa shape index (κ3) is 8.29. The van der Waals surface area contributed by atoms with Gasteiger partial charge in [0.25, 0.3) is 0 Å². The zero-order valence-electron chi connectivity index (χ0n) is 12.0. The van der Waals surface area contributed by atoms with E-state index in [2.05, 4.69) is 0 Å². The van der Waals surface area contributed by atoms with Crippen molar-refractivity contribution in [1.29, 1.82) is 0 Å². The van der Waals surface area contributed by atoms with Crippen LogP contribution in [0, 0.1) is 0 Å². The molecule has 0 heterocycles. The van der Waals surface area contributed by atoms with E-state index in [1.54, 1.807) is 0 Å². The number of hydrogen-bond acceptors (Lipinski definition) is 4. The van der Waals surface area contributed by atoms with Crippen LogP contribution in [0.1, 0.15) is 39.0 Å². The van der Waals surface area contributed by atoms with Gasteiger partial charge in [-0.15, -0.1) is 0 Å². The number of Topliss-reactive ketones (excluding diaryl/α,β-unsaturated/α-hetero) is 1. The van der Waals surface area contributed by atoms with Crippen molar-refractivity contribution in [2.24, 2.45) is 0 Å². The molecule has 4 heteroatoms. The minimum atomic E-state index is -0.426. The summed E-state index contributed by atoms with van der Waals surface area (Å²) < 4.78 is 10.5. The normalized spacial score (nSPS) is 10.1. The largest absolute Gasteiger partial charge is 0.494 e. The molecule has 0 aliphatic carbocycles. The van der Waals surface area contributed by atoms with Gasteiger partial charge in [-0.25, -0.2) is 0 Å². The highest BCUT2D eigenvalue weighted by atomic mass is 16.5. The average molecular weight is 278 g/mol. The first kappa shape index (κ1) is 16.2. The molecule has 1 rings (SSSR count). The van der Waals surface area contributed by atoms with Gasteiger partial charge in [0.1, 0.15) is 18.0 Å². The topological polar surface area (TPSA) is 52.6 Å². The Labute approximate surface area is 120 Å². The van der Waals surface area contributed by atoms with Crippen LogP contribution in [0.4, 0.5) is 0 Å². The Kier molecular flexibility index (Phi) is 8.11. The maximum atomic E-state index is 11.1. The molecule has 0 aliphatic rings. The van der Waals surface area contributed by atoms with Crippen LogP contribution >= 0.6 is 0 Å². The number of ketones is 1. The molecule has 1 aromatic rings. The van der Waals surface area contributed by atoms with Crippen LogP contribution in [-0.2, 0) is 14.3 Å². The van der Waals surface area contributed by atoms with Gasteiger partial charge in [-0.05, 0) is 44.7 Å². The van der Waals surface area contributed by atoms with E-state index in [0.717, 1.165) is 31.4 Å². The SMILES string of the molecule is CC(=O)CC(=O)OCCCCCCOc1ccccc1. The highest BCUT2D eigenvalue weighted by molar-refractivity contribution is 5.94. The first-order valence-electron chi connectivity index (χ1n) is 7.01. The fraction of sp³-hybridized carbons (Fsp3) is 0.500. The summed E-state index contributed by atoms with van der Waals surface area (Å²) in [5.74, 6) is 0.309. The Bertz CT molecular complexity index is 400. The number of carbonyl (C=O) groups excluding carboxylic acids is 2. The van der Waals surface area contributed by atoms with Gasteiger partial charge in [0.05, 0.1) is 13.2 Å². The number of esters is 1. The summed E-state index contributed by atoms with van der Waals surface area (Å²) in [5.41, 5.74) is 0. The van der Waals surface area contributed by atoms with E-state index < -0.39 is 5.97 Å². The molecule has 0 N–H and O–H groups in total. The molecule has 4 nitrogen and oxygen atoms in total.